The van der Waals surface area contributed by atoms with Gasteiger partial charge in [0.25, 0.3) is 0 Å². The van der Waals surface area contributed by atoms with Gasteiger partial charge in [0.1, 0.15) is 0 Å². The molecule has 0 aliphatic carbocycles. The van der Waals surface area contributed by atoms with Crippen LogP contribution in [0.5, 0.6) is 0 Å². The molecule has 0 bridgehead atoms. The van der Waals surface area contributed by atoms with Crippen LogP contribution in [-0.4, -0.2) is 6.08 Å². The van der Waals surface area contributed by atoms with E-state index in [9.17, 15) is 4.79 Å². The fourth-order valence-electron chi connectivity index (χ4n) is 1.71. The molecule has 0 aliphatic rings. The molecule has 76 valence electrons. The second-order valence-corrected chi connectivity index (χ2v) is 3.32. The van der Waals surface area contributed by atoms with Gasteiger partial charge in [0.05, 0.1) is 6.07 Å². The summed E-state index contributed by atoms with van der Waals surface area (Å²) in [6, 6.07) is 14.5. The number of rotatable bonds is 2. The lowest BCUT2D eigenvalue weighted by Gasteiger charge is -2.06. The predicted molar refractivity (Wildman–Crippen MR) is 60.4 cm³/mol. The van der Waals surface area contributed by atoms with Crippen molar-refractivity contribution in [2.75, 3.05) is 0 Å². The Morgan fingerprint density at radius 2 is 1.88 bits per heavy atom. The fraction of sp³-hybridized carbons (Fsp3) is 0.0769. The summed E-state index contributed by atoms with van der Waals surface area (Å²) < 4.78 is 0. The molecule has 0 radical (unpaired) electrons. The molecule has 0 saturated carbocycles. The Balaban J connectivity index is 2.69. The molecule has 0 aliphatic heterocycles. The molecule has 2 rings (SSSR count). The lowest BCUT2D eigenvalue weighted by atomic mass is 10.00. The van der Waals surface area contributed by atoms with Gasteiger partial charge < -0.3 is 0 Å². The SMILES string of the molecule is N#CC(N=C=O)c1cccc2ccccc12. The number of fused-ring (bicyclic) bond motifs is 1. The molecule has 0 fully saturated rings. The van der Waals surface area contributed by atoms with Gasteiger partial charge in [-0.1, -0.05) is 42.5 Å². The highest BCUT2D eigenvalue weighted by molar-refractivity contribution is 5.86. The number of nitriles is 1. The number of nitrogens with zero attached hydrogens (tertiary/aromatic N) is 2. The maximum atomic E-state index is 10.2. The highest BCUT2D eigenvalue weighted by Gasteiger charge is 2.11. The minimum atomic E-state index is -0.774. The Bertz CT molecular complexity index is 601. The average molecular weight is 208 g/mol. The molecule has 0 heterocycles. The van der Waals surface area contributed by atoms with Crippen LogP contribution in [0.2, 0.25) is 0 Å². The summed E-state index contributed by atoms with van der Waals surface area (Å²) in [6.07, 6.45) is 1.43. The predicted octanol–water partition coefficient (Wildman–Crippen LogP) is 2.74. The van der Waals surface area contributed by atoms with Gasteiger partial charge in [0.2, 0.25) is 6.08 Å². The van der Waals surface area contributed by atoms with Crippen LogP contribution in [0, 0.1) is 11.3 Å². The molecule has 0 aromatic heterocycles. The van der Waals surface area contributed by atoms with Crippen LogP contribution in [0.4, 0.5) is 0 Å². The third-order valence-corrected chi connectivity index (χ3v) is 2.42. The van der Waals surface area contributed by atoms with Gasteiger partial charge in [-0.05, 0) is 16.3 Å². The molecule has 2 aromatic rings. The highest BCUT2D eigenvalue weighted by Crippen LogP contribution is 2.25. The van der Waals surface area contributed by atoms with E-state index in [1.807, 2.05) is 42.5 Å². The Morgan fingerprint density at radius 3 is 2.62 bits per heavy atom. The maximum absolute atomic E-state index is 10.2. The van der Waals surface area contributed by atoms with E-state index >= 15 is 0 Å². The molecule has 0 amide bonds. The van der Waals surface area contributed by atoms with Crippen molar-refractivity contribution in [2.45, 2.75) is 6.04 Å². The Morgan fingerprint density at radius 1 is 1.12 bits per heavy atom. The van der Waals surface area contributed by atoms with E-state index in [1.165, 1.54) is 6.08 Å². The van der Waals surface area contributed by atoms with Crippen molar-refractivity contribution in [3.63, 3.8) is 0 Å². The normalized spacial score (nSPS) is 11.4. The van der Waals surface area contributed by atoms with Crippen molar-refractivity contribution < 1.29 is 4.79 Å². The van der Waals surface area contributed by atoms with E-state index < -0.39 is 6.04 Å². The van der Waals surface area contributed by atoms with E-state index in [2.05, 4.69) is 4.99 Å². The van der Waals surface area contributed by atoms with Crippen molar-refractivity contribution in [2.24, 2.45) is 4.99 Å². The van der Waals surface area contributed by atoms with Crippen LogP contribution in [0.1, 0.15) is 11.6 Å². The summed E-state index contributed by atoms with van der Waals surface area (Å²) in [6.45, 7) is 0. The standard InChI is InChI=1S/C13H8N2O/c14-8-13(15-9-16)12-7-3-5-10-4-1-2-6-11(10)12/h1-7,13H. The Labute approximate surface area is 92.7 Å². The van der Waals surface area contributed by atoms with Gasteiger partial charge in [0, 0.05) is 0 Å². The minimum Gasteiger partial charge on any atom is -0.211 e. The first-order valence-electron chi connectivity index (χ1n) is 4.81. The molecule has 0 N–H and O–H groups in total. The smallest absolute Gasteiger partial charge is 0.211 e. The maximum Gasteiger partial charge on any atom is 0.236 e. The van der Waals surface area contributed by atoms with Crippen molar-refractivity contribution in [1.29, 1.82) is 5.26 Å². The largest absolute Gasteiger partial charge is 0.236 e. The molecule has 1 unspecified atom stereocenters. The minimum absolute atomic E-state index is 0.740. The topological polar surface area (TPSA) is 53.2 Å². The van der Waals surface area contributed by atoms with Crippen LogP contribution in [0.15, 0.2) is 47.5 Å². The summed E-state index contributed by atoms with van der Waals surface area (Å²) in [5.41, 5.74) is 0.740. The van der Waals surface area contributed by atoms with Crippen LogP contribution in [0.3, 0.4) is 0 Å². The number of aliphatic imine (C=N–C) groups is 1. The molecule has 0 saturated heterocycles. The van der Waals surface area contributed by atoms with E-state index in [0.29, 0.717) is 0 Å². The highest BCUT2D eigenvalue weighted by atomic mass is 16.1. The third-order valence-electron chi connectivity index (χ3n) is 2.42. The number of hydrogen-bond donors (Lipinski definition) is 0. The van der Waals surface area contributed by atoms with E-state index in [-0.39, 0.29) is 0 Å². The van der Waals surface area contributed by atoms with Crippen LogP contribution in [-0.2, 0) is 4.79 Å². The zero-order valence-electron chi connectivity index (χ0n) is 8.42. The summed E-state index contributed by atoms with van der Waals surface area (Å²) in [5.74, 6) is 0. The monoisotopic (exact) mass is 208 g/mol. The van der Waals surface area contributed by atoms with Crippen LogP contribution in [0.25, 0.3) is 10.8 Å². The van der Waals surface area contributed by atoms with Gasteiger partial charge in [-0.25, -0.2) is 4.79 Å². The molecule has 2 aromatic carbocycles. The number of hydrogen-bond acceptors (Lipinski definition) is 3. The molecule has 1 atom stereocenters. The first-order chi connectivity index (χ1) is 7.86. The molecule has 3 nitrogen and oxygen atoms in total. The van der Waals surface area contributed by atoms with Crippen molar-refractivity contribution in [3.05, 3.63) is 48.0 Å². The zero-order chi connectivity index (χ0) is 11.4. The third kappa shape index (κ3) is 1.70. The second kappa shape index (κ2) is 4.39. The first-order valence-corrected chi connectivity index (χ1v) is 4.81. The van der Waals surface area contributed by atoms with Crippen molar-refractivity contribution in [3.8, 4) is 6.07 Å². The van der Waals surface area contributed by atoms with Crippen molar-refractivity contribution in [1.82, 2.24) is 0 Å². The zero-order valence-corrected chi connectivity index (χ0v) is 8.42. The summed E-state index contributed by atoms with van der Waals surface area (Å²) >= 11 is 0. The second-order valence-electron chi connectivity index (χ2n) is 3.32. The first kappa shape index (κ1) is 10.1. The van der Waals surface area contributed by atoms with Gasteiger partial charge in [-0.2, -0.15) is 10.3 Å². The molecule has 3 heteroatoms. The average Bonchev–Trinajstić information content (AvgIpc) is 2.35. The number of isocyanates is 1. The van der Waals surface area contributed by atoms with Crippen LogP contribution >= 0.6 is 0 Å². The van der Waals surface area contributed by atoms with Gasteiger partial charge in [-0.3, -0.25) is 0 Å². The fourth-order valence-corrected chi connectivity index (χ4v) is 1.71. The summed E-state index contributed by atoms with van der Waals surface area (Å²) in [5, 5.41) is 10.9. The quantitative estimate of drug-likeness (QED) is 0.562. The molecule has 0 spiro atoms. The molecular weight excluding hydrogens is 200 g/mol. The van der Waals surface area contributed by atoms with Gasteiger partial charge in [-0.15, -0.1) is 0 Å². The lowest BCUT2D eigenvalue weighted by Crippen LogP contribution is -1.92. The molecular formula is C13H8N2O. The number of benzene rings is 2. The Hall–Kier alpha value is -2.43. The van der Waals surface area contributed by atoms with Gasteiger partial charge in [0.15, 0.2) is 6.04 Å². The number of carbonyl (C=O) groups excluding carboxylic acids is 1. The van der Waals surface area contributed by atoms with E-state index in [1.54, 1.807) is 6.07 Å². The Kier molecular flexibility index (Phi) is 2.77. The van der Waals surface area contributed by atoms with Crippen LogP contribution < -0.4 is 0 Å². The van der Waals surface area contributed by atoms with E-state index in [0.717, 1.165) is 16.3 Å². The van der Waals surface area contributed by atoms with Gasteiger partial charge >= 0.3 is 0 Å². The lowest BCUT2D eigenvalue weighted by molar-refractivity contribution is 0.561. The molecule has 16 heavy (non-hydrogen) atoms. The summed E-state index contributed by atoms with van der Waals surface area (Å²) in [7, 11) is 0. The summed E-state index contributed by atoms with van der Waals surface area (Å²) in [4.78, 5) is 13.7. The van der Waals surface area contributed by atoms with Crippen molar-refractivity contribution >= 4 is 16.9 Å². The van der Waals surface area contributed by atoms with E-state index in [4.69, 9.17) is 5.26 Å².